The molecule has 2 aromatic carbocycles. The van der Waals surface area contributed by atoms with E-state index in [1.165, 1.54) is 0 Å². The van der Waals surface area contributed by atoms with E-state index in [9.17, 15) is 9.90 Å². The van der Waals surface area contributed by atoms with Gasteiger partial charge in [0.2, 0.25) is 0 Å². The summed E-state index contributed by atoms with van der Waals surface area (Å²) in [6.45, 7) is 1.60. The molecular weight excluding hydrogens is 264 g/mol. The molecule has 3 nitrogen and oxygen atoms in total. The van der Waals surface area contributed by atoms with Crippen LogP contribution < -0.4 is 0 Å². The van der Waals surface area contributed by atoms with Crippen LogP contribution in [0.1, 0.15) is 29.5 Å². The van der Waals surface area contributed by atoms with Gasteiger partial charge < -0.3 is 10.2 Å². The number of carboxylic acids is 1. The van der Waals surface area contributed by atoms with Crippen molar-refractivity contribution in [1.82, 2.24) is 0 Å². The first-order valence-corrected chi connectivity index (χ1v) is 6.83. The van der Waals surface area contributed by atoms with Gasteiger partial charge in [-0.3, -0.25) is 4.79 Å². The molecule has 21 heavy (non-hydrogen) atoms. The maximum atomic E-state index is 11.1. The largest absolute Gasteiger partial charge is 0.481 e. The number of aliphatic hydroxyl groups excluding tert-OH is 1. The molecule has 0 aromatic heterocycles. The number of hydrogen-bond acceptors (Lipinski definition) is 2. The van der Waals surface area contributed by atoms with E-state index in [1.54, 1.807) is 13.0 Å². The molecule has 2 aromatic rings. The van der Waals surface area contributed by atoms with Crippen molar-refractivity contribution in [1.29, 1.82) is 0 Å². The zero-order valence-electron chi connectivity index (χ0n) is 11.9. The second-order valence-corrected chi connectivity index (χ2v) is 4.85. The summed E-state index contributed by atoms with van der Waals surface area (Å²) in [6.07, 6.45) is 1.74. The fourth-order valence-corrected chi connectivity index (χ4v) is 2.23. The van der Waals surface area contributed by atoms with Crippen LogP contribution in [0.5, 0.6) is 0 Å². The highest BCUT2D eigenvalue weighted by Gasteiger charge is 2.14. The van der Waals surface area contributed by atoms with Crippen molar-refractivity contribution in [2.75, 3.05) is 6.61 Å². The summed E-state index contributed by atoms with van der Waals surface area (Å²) in [4.78, 5) is 11.1. The smallest absolute Gasteiger partial charge is 0.310 e. The molecule has 0 fully saturated rings. The van der Waals surface area contributed by atoms with E-state index in [0.717, 1.165) is 22.3 Å². The van der Waals surface area contributed by atoms with Gasteiger partial charge >= 0.3 is 5.97 Å². The highest BCUT2D eigenvalue weighted by molar-refractivity contribution is 5.81. The first kappa shape index (κ1) is 15.0. The van der Waals surface area contributed by atoms with Crippen LogP contribution in [-0.4, -0.2) is 22.8 Å². The van der Waals surface area contributed by atoms with Gasteiger partial charge in [0.1, 0.15) is 0 Å². The van der Waals surface area contributed by atoms with Crippen molar-refractivity contribution in [3.05, 3.63) is 77.4 Å². The number of aliphatic hydroxyl groups is 1. The van der Waals surface area contributed by atoms with E-state index in [-0.39, 0.29) is 6.61 Å². The Morgan fingerprint density at radius 3 is 2.38 bits per heavy atom. The van der Waals surface area contributed by atoms with E-state index < -0.39 is 11.9 Å². The zero-order valence-corrected chi connectivity index (χ0v) is 11.9. The van der Waals surface area contributed by atoms with Gasteiger partial charge in [0.05, 0.1) is 12.5 Å². The van der Waals surface area contributed by atoms with Gasteiger partial charge in [-0.15, -0.1) is 0 Å². The molecular formula is C18H18O3. The van der Waals surface area contributed by atoms with Crippen molar-refractivity contribution in [2.24, 2.45) is 0 Å². The Hall–Kier alpha value is -2.39. The Labute approximate surface area is 124 Å². The highest BCUT2D eigenvalue weighted by Crippen LogP contribution is 2.26. The summed E-state index contributed by atoms with van der Waals surface area (Å²) in [6, 6.07) is 17.2. The SMILES string of the molecule is CC(C(=O)O)c1cccc(/C(=C\CO)c2ccccc2)c1. The summed E-state index contributed by atoms with van der Waals surface area (Å²) in [5, 5.41) is 18.4. The quantitative estimate of drug-likeness (QED) is 0.884. The molecule has 2 N–H and O–H groups in total. The molecule has 0 amide bonds. The average molecular weight is 282 g/mol. The molecule has 1 unspecified atom stereocenters. The average Bonchev–Trinajstić information content (AvgIpc) is 2.52. The molecule has 0 aliphatic carbocycles. The van der Waals surface area contributed by atoms with Crippen molar-refractivity contribution < 1.29 is 15.0 Å². The Balaban J connectivity index is 2.45. The van der Waals surface area contributed by atoms with Crippen LogP contribution in [0.15, 0.2) is 60.7 Å². The minimum atomic E-state index is -0.848. The molecule has 0 aliphatic rings. The molecule has 0 saturated heterocycles. The van der Waals surface area contributed by atoms with Crippen LogP contribution in [0, 0.1) is 0 Å². The van der Waals surface area contributed by atoms with E-state index in [1.807, 2.05) is 54.6 Å². The topological polar surface area (TPSA) is 57.5 Å². The summed E-state index contributed by atoms with van der Waals surface area (Å²) < 4.78 is 0. The Morgan fingerprint density at radius 2 is 1.76 bits per heavy atom. The van der Waals surface area contributed by atoms with Gasteiger partial charge in [0.25, 0.3) is 0 Å². The minimum absolute atomic E-state index is 0.0665. The molecule has 1 atom stereocenters. The lowest BCUT2D eigenvalue weighted by Gasteiger charge is -2.12. The van der Waals surface area contributed by atoms with Crippen LogP contribution in [0.4, 0.5) is 0 Å². The van der Waals surface area contributed by atoms with Crippen molar-refractivity contribution >= 4 is 11.5 Å². The van der Waals surface area contributed by atoms with E-state index in [4.69, 9.17) is 5.11 Å². The van der Waals surface area contributed by atoms with Gasteiger partial charge in [-0.2, -0.15) is 0 Å². The predicted molar refractivity (Wildman–Crippen MR) is 83.1 cm³/mol. The third-order valence-electron chi connectivity index (χ3n) is 3.45. The van der Waals surface area contributed by atoms with E-state index >= 15 is 0 Å². The second-order valence-electron chi connectivity index (χ2n) is 4.85. The number of hydrogen-bond donors (Lipinski definition) is 2. The summed E-state index contributed by atoms with van der Waals surface area (Å²) in [7, 11) is 0. The lowest BCUT2D eigenvalue weighted by molar-refractivity contribution is -0.138. The molecule has 0 radical (unpaired) electrons. The minimum Gasteiger partial charge on any atom is -0.481 e. The molecule has 0 saturated carbocycles. The molecule has 3 heteroatoms. The number of rotatable bonds is 5. The van der Waals surface area contributed by atoms with Crippen molar-refractivity contribution in [3.8, 4) is 0 Å². The highest BCUT2D eigenvalue weighted by atomic mass is 16.4. The van der Waals surface area contributed by atoms with Crippen LogP contribution >= 0.6 is 0 Å². The van der Waals surface area contributed by atoms with Gasteiger partial charge in [0.15, 0.2) is 0 Å². The number of carbonyl (C=O) groups is 1. The second kappa shape index (κ2) is 6.86. The molecule has 0 bridgehead atoms. The number of carboxylic acid groups (broad SMARTS) is 1. The predicted octanol–water partition coefficient (Wildman–Crippen LogP) is 3.30. The lowest BCUT2D eigenvalue weighted by Crippen LogP contribution is -2.07. The Bertz CT molecular complexity index is 645. The number of benzene rings is 2. The van der Waals surface area contributed by atoms with Crippen LogP contribution in [0.25, 0.3) is 5.57 Å². The molecule has 108 valence electrons. The van der Waals surface area contributed by atoms with E-state index in [0.29, 0.717) is 0 Å². The van der Waals surface area contributed by atoms with Gasteiger partial charge in [-0.1, -0.05) is 60.7 Å². The van der Waals surface area contributed by atoms with Gasteiger partial charge in [-0.05, 0) is 29.2 Å². The Kier molecular flexibility index (Phi) is 4.90. The molecule has 0 heterocycles. The van der Waals surface area contributed by atoms with Gasteiger partial charge in [-0.25, -0.2) is 0 Å². The molecule has 0 aliphatic heterocycles. The summed E-state index contributed by atoms with van der Waals surface area (Å²) in [5.41, 5.74) is 3.55. The summed E-state index contributed by atoms with van der Waals surface area (Å²) >= 11 is 0. The first-order valence-electron chi connectivity index (χ1n) is 6.83. The van der Waals surface area contributed by atoms with Crippen molar-refractivity contribution in [2.45, 2.75) is 12.8 Å². The fraction of sp³-hybridized carbons (Fsp3) is 0.167. The maximum absolute atomic E-state index is 11.1. The van der Waals surface area contributed by atoms with Crippen molar-refractivity contribution in [3.63, 3.8) is 0 Å². The number of aliphatic carboxylic acids is 1. The standard InChI is InChI=1S/C18H18O3/c1-13(18(20)21)15-8-5-9-16(12-15)17(10-11-19)14-6-3-2-4-7-14/h2-10,12-13,19H,11H2,1H3,(H,20,21)/b17-10-. The van der Waals surface area contributed by atoms with Crippen LogP contribution in [-0.2, 0) is 4.79 Å². The molecule has 0 spiro atoms. The Morgan fingerprint density at radius 1 is 1.10 bits per heavy atom. The van der Waals surface area contributed by atoms with E-state index in [2.05, 4.69) is 0 Å². The third-order valence-corrected chi connectivity index (χ3v) is 3.45. The fourth-order valence-electron chi connectivity index (χ4n) is 2.23. The zero-order chi connectivity index (χ0) is 15.2. The van der Waals surface area contributed by atoms with Crippen LogP contribution in [0.3, 0.4) is 0 Å². The lowest BCUT2D eigenvalue weighted by atomic mass is 9.93. The molecule has 2 rings (SSSR count). The maximum Gasteiger partial charge on any atom is 0.310 e. The first-order chi connectivity index (χ1) is 10.1. The van der Waals surface area contributed by atoms with Gasteiger partial charge in [0, 0.05) is 0 Å². The van der Waals surface area contributed by atoms with Crippen LogP contribution in [0.2, 0.25) is 0 Å². The normalized spacial score (nSPS) is 13.0. The third kappa shape index (κ3) is 3.58. The summed E-state index contributed by atoms with van der Waals surface area (Å²) in [5.74, 6) is -1.41. The monoisotopic (exact) mass is 282 g/mol.